The maximum atomic E-state index is 5.19. The van der Waals surface area contributed by atoms with E-state index in [4.69, 9.17) is 4.74 Å². The molecule has 2 saturated heterocycles. The van der Waals surface area contributed by atoms with Crippen LogP contribution in [-0.2, 0) is 4.74 Å². The highest BCUT2D eigenvalue weighted by molar-refractivity contribution is 4.84. The van der Waals surface area contributed by atoms with E-state index in [1.165, 1.54) is 25.9 Å². The summed E-state index contributed by atoms with van der Waals surface area (Å²) >= 11 is 0. The number of hydrogen-bond donors (Lipinski definition) is 1. The summed E-state index contributed by atoms with van der Waals surface area (Å²) in [6.45, 7) is 4.39. The van der Waals surface area contributed by atoms with Gasteiger partial charge in [0.15, 0.2) is 0 Å². The molecule has 3 nitrogen and oxygen atoms in total. The fourth-order valence-corrected chi connectivity index (χ4v) is 2.01. The van der Waals surface area contributed by atoms with Crippen molar-refractivity contribution in [3.05, 3.63) is 0 Å². The summed E-state index contributed by atoms with van der Waals surface area (Å²) in [5.74, 6) is 0. The first kappa shape index (κ1) is 8.48. The minimum Gasteiger partial charge on any atom is -0.378 e. The smallest absolute Gasteiger partial charge is 0.0645 e. The Morgan fingerprint density at radius 1 is 1.42 bits per heavy atom. The molecule has 0 spiro atoms. The maximum Gasteiger partial charge on any atom is 0.0645 e. The van der Waals surface area contributed by atoms with E-state index in [9.17, 15) is 0 Å². The SMILES string of the molecule is CN[C@H]1CCCN(C2COC2)C1. The number of piperidine rings is 1. The summed E-state index contributed by atoms with van der Waals surface area (Å²) in [6, 6.07) is 1.43. The molecule has 2 aliphatic heterocycles. The Kier molecular flexibility index (Phi) is 2.63. The van der Waals surface area contributed by atoms with Crippen molar-refractivity contribution < 1.29 is 4.74 Å². The first-order valence-corrected chi connectivity index (χ1v) is 4.89. The van der Waals surface area contributed by atoms with Crippen molar-refractivity contribution >= 4 is 0 Å². The van der Waals surface area contributed by atoms with Crippen LogP contribution in [0.5, 0.6) is 0 Å². The van der Waals surface area contributed by atoms with Gasteiger partial charge in [-0.3, -0.25) is 4.90 Å². The molecule has 2 heterocycles. The number of hydrogen-bond acceptors (Lipinski definition) is 3. The molecule has 2 rings (SSSR count). The minimum atomic E-state index is 0.708. The zero-order valence-electron chi connectivity index (χ0n) is 7.75. The lowest BCUT2D eigenvalue weighted by molar-refractivity contribution is -0.0729. The summed E-state index contributed by atoms with van der Waals surface area (Å²) in [5, 5.41) is 3.35. The molecule has 2 fully saturated rings. The summed E-state index contributed by atoms with van der Waals surface area (Å²) in [5.41, 5.74) is 0. The quantitative estimate of drug-likeness (QED) is 0.634. The summed E-state index contributed by atoms with van der Waals surface area (Å²) in [7, 11) is 2.06. The van der Waals surface area contributed by atoms with Gasteiger partial charge in [0, 0.05) is 12.6 Å². The van der Waals surface area contributed by atoms with Gasteiger partial charge in [0.1, 0.15) is 0 Å². The van der Waals surface area contributed by atoms with E-state index >= 15 is 0 Å². The van der Waals surface area contributed by atoms with Gasteiger partial charge < -0.3 is 10.1 Å². The van der Waals surface area contributed by atoms with Crippen molar-refractivity contribution in [3.8, 4) is 0 Å². The van der Waals surface area contributed by atoms with E-state index < -0.39 is 0 Å². The highest BCUT2D eigenvalue weighted by Crippen LogP contribution is 2.17. The van der Waals surface area contributed by atoms with Gasteiger partial charge in [0.2, 0.25) is 0 Å². The molecule has 0 saturated carbocycles. The monoisotopic (exact) mass is 170 g/mol. The average Bonchev–Trinajstić information content (AvgIpc) is 2.02. The van der Waals surface area contributed by atoms with E-state index in [1.54, 1.807) is 0 Å². The average molecular weight is 170 g/mol. The molecule has 2 aliphatic rings. The topological polar surface area (TPSA) is 24.5 Å². The second-order valence-corrected chi connectivity index (χ2v) is 3.81. The zero-order chi connectivity index (χ0) is 8.39. The van der Waals surface area contributed by atoms with Crippen molar-refractivity contribution in [3.63, 3.8) is 0 Å². The normalized spacial score (nSPS) is 33.2. The van der Waals surface area contributed by atoms with E-state index in [1.807, 2.05) is 0 Å². The Balaban J connectivity index is 1.81. The van der Waals surface area contributed by atoms with E-state index in [0.717, 1.165) is 19.3 Å². The third-order valence-electron chi connectivity index (χ3n) is 3.00. The fourth-order valence-electron chi connectivity index (χ4n) is 2.01. The molecule has 12 heavy (non-hydrogen) atoms. The second-order valence-electron chi connectivity index (χ2n) is 3.81. The molecule has 0 radical (unpaired) electrons. The van der Waals surface area contributed by atoms with Crippen LogP contribution in [-0.4, -0.2) is 50.3 Å². The van der Waals surface area contributed by atoms with Gasteiger partial charge in [-0.1, -0.05) is 0 Å². The van der Waals surface area contributed by atoms with Crippen molar-refractivity contribution in [2.75, 3.05) is 33.4 Å². The third-order valence-corrected chi connectivity index (χ3v) is 3.00. The lowest BCUT2D eigenvalue weighted by Gasteiger charge is -2.41. The lowest BCUT2D eigenvalue weighted by Crippen LogP contribution is -2.55. The van der Waals surface area contributed by atoms with Crippen LogP contribution in [0.25, 0.3) is 0 Å². The highest BCUT2D eigenvalue weighted by atomic mass is 16.5. The Bertz CT molecular complexity index is 147. The predicted molar refractivity (Wildman–Crippen MR) is 48.3 cm³/mol. The van der Waals surface area contributed by atoms with Gasteiger partial charge >= 0.3 is 0 Å². The first-order chi connectivity index (χ1) is 5.90. The lowest BCUT2D eigenvalue weighted by atomic mass is 10.0. The summed E-state index contributed by atoms with van der Waals surface area (Å²) in [4.78, 5) is 2.56. The van der Waals surface area contributed by atoms with Crippen LogP contribution in [0.3, 0.4) is 0 Å². The number of nitrogens with zero attached hydrogens (tertiary/aromatic N) is 1. The van der Waals surface area contributed by atoms with Crippen LogP contribution in [0.15, 0.2) is 0 Å². The second kappa shape index (κ2) is 3.73. The van der Waals surface area contributed by atoms with Gasteiger partial charge in [-0.2, -0.15) is 0 Å². The minimum absolute atomic E-state index is 0.708. The predicted octanol–water partition coefficient (Wildman–Crippen LogP) is 0.0690. The largest absolute Gasteiger partial charge is 0.378 e. The number of likely N-dealkylation sites (tertiary alicyclic amines) is 1. The molecule has 0 bridgehead atoms. The van der Waals surface area contributed by atoms with Gasteiger partial charge in [0.25, 0.3) is 0 Å². The van der Waals surface area contributed by atoms with Gasteiger partial charge in [0.05, 0.1) is 19.3 Å². The molecule has 0 aromatic carbocycles. The molecule has 3 heteroatoms. The standard InChI is InChI=1S/C9H18N2O/c1-10-8-3-2-4-11(5-8)9-6-12-7-9/h8-10H,2-7H2,1H3/t8-/m0/s1. The Labute approximate surface area is 74.1 Å². The Morgan fingerprint density at radius 2 is 2.25 bits per heavy atom. The van der Waals surface area contributed by atoms with Crippen molar-refractivity contribution in [2.45, 2.75) is 24.9 Å². The molecule has 70 valence electrons. The number of nitrogens with one attached hydrogen (secondary N) is 1. The third kappa shape index (κ3) is 1.63. The Morgan fingerprint density at radius 3 is 2.83 bits per heavy atom. The highest BCUT2D eigenvalue weighted by Gasteiger charge is 2.29. The maximum absolute atomic E-state index is 5.19. The molecule has 0 aliphatic carbocycles. The van der Waals surface area contributed by atoms with Crippen LogP contribution in [0.2, 0.25) is 0 Å². The van der Waals surface area contributed by atoms with E-state index in [-0.39, 0.29) is 0 Å². The molecular formula is C9H18N2O. The fraction of sp³-hybridized carbons (Fsp3) is 1.00. The number of rotatable bonds is 2. The Hall–Kier alpha value is -0.120. The molecule has 0 aromatic heterocycles. The first-order valence-electron chi connectivity index (χ1n) is 4.89. The number of ether oxygens (including phenoxy) is 1. The van der Waals surface area contributed by atoms with Crippen LogP contribution in [0.1, 0.15) is 12.8 Å². The van der Waals surface area contributed by atoms with Crippen LogP contribution in [0.4, 0.5) is 0 Å². The number of likely N-dealkylation sites (N-methyl/N-ethyl adjacent to an activating group) is 1. The molecule has 1 atom stereocenters. The molecular weight excluding hydrogens is 152 g/mol. The zero-order valence-corrected chi connectivity index (χ0v) is 7.75. The van der Waals surface area contributed by atoms with Crippen molar-refractivity contribution in [1.29, 1.82) is 0 Å². The molecule has 1 N–H and O–H groups in total. The van der Waals surface area contributed by atoms with Gasteiger partial charge in [-0.25, -0.2) is 0 Å². The van der Waals surface area contributed by atoms with Crippen LogP contribution >= 0.6 is 0 Å². The van der Waals surface area contributed by atoms with Crippen molar-refractivity contribution in [1.82, 2.24) is 10.2 Å². The van der Waals surface area contributed by atoms with Crippen LogP contribution < -0.4 is 5.32 Å². The summed E-state index contributed by atoms with van der Waals surface area (Å²) in [6.07, 6.45) is 2.67. The van der Waals surface area contributed by atoms with Gasteiger partial charge in [-0.15, -0.1) is 0 Å². The molecule has 0 unspecified atom stereocenters. The van der Waals surface area contributed by atoms with Crippen LogP contribution in [0, 0.1) is 0 Å². The summed E-state index contributed by atoms with van der Waals surface area (Å²) < 4.78 is 5.19. The van der Waals surface area contributed by atoms with Crippen molar-refractivity contribution in [2.24, 2.45) is 0 Å². The molecule has 0 amide bonds. The van der Waals surface area contributed by atoms with E-state index in [0.29, 0.717) is 6.04 Å². The molecule has 0 aromatic rings. The van der Waals surface area contributed by atoms with Gasteiger partial charge in [-0.05, 0) is 26.4 Å². The van der Waals surface area contributed by atoms with E-state index in [2.05, 4.69) is 17.3 Å².